The molecule has 0 aliphatic heterocycles. The second kappa shape index (κ2) is 10.4. The molecule has 0 amide bonds. The normalized spacial score (nSPS) is 13.5. The van der Waals surface area contributed by atoms with E-state index in [1.165, 1.54) is 51.4 Å². The molecule has 1 atom stereocenters. The first-order chi connectivity index (χ1) is 8.88. The summed E-state index contributed by atoms with van der Waals surface area (Å²) in [5.74, 6) is 0. The van der Waals surface area contributed by atoms with E-state index in [0.29, 0.717) is 5.54 Å². The van der Waals surface area contributed by atoms with Gasteiger partial charge in [0.05, 0.1) is 8.07 Å². The van der Waals surface area contributed by atoms with Gasteiger partial charge < -0.3 is 0 Å². The van der Waals surface area contributed by atoms with Crippen LogP contribution in [0.2, 0.25) is 25.2 Å². The standard InChI is InChI=1S/C15H33NO2Si/c1-5-6-7-8-9-10-11-12-13-15(14-16(17)18)19(2,3)4/h15H,5-14H2,1-4H3. The molecule has 0 heterocycles. The minimum absolute atomic E-state index is 0.117. The highest BCUT2D eigenvalue weighted by molar-refractivity contribution is 6.77. The minimum Gasteiger partial charge on any atom is -0.265 e. The molecule has 0 radical (unpaired) electrons. The maximum Gasteiger partial charge on any atom is 0.204 e. The van der Waals surface area contributed by atoms with Gasteiger partial charge in [-0.2, -0.15) is 0 Å². The van der Waals surface area contributed by atoms with Crippen molar-refractivity contribution in [3.8, 4) is 0 Å². The van der Waals surface area contributed by atoms with Crippen LogP contribution in [0, 0.1) is 10.1 Å². The molecule has 0 aromatic heterocycles. The van der Waals surface area contributed by atoms with Gasteiger partial charge in [0.2, 0.25) is 6.54 Å². The van der Waals surface area contributed by atoms with Crippen LogP contribution in [0.25, 0.3) is 0 Å². The second-order valence-electron chi connectivity index (χ2n) is 6.84. The maximum atomic E-state index is 10.7. The summed E-state index contributed by atoms with van der Waals surface area (Å²) in [6.45, 7) is 9.20. The van der Waals surface area contributed by atoms with Crippen molar-refractivity contribution in [2.75, 3.05) is 6.54 Å². The van der Waals surface area contributed by atoms with Gasteiger partial charge in [-0.05, 0) is 6.42 Å². The van der Waals surface area contributed by atoms with Gasteiger partial charge in [-0.15, -0.1) is 0 Å². The van der Waals surface area contributed by atoms with E-state index in [1.54, 1.807) is 0 Å². The molecule has 4 heteroatoms. The topological polar surface area (TPSA) is 43.1 Å². The molecule has 0 aliphatic carbocycles. The number of rotatable bonds is 12. The van der Waals surface area contributed by atoms with Gasteiger partial charge in [-0.3, -0.25) is 10.1 Å². The quantitative estimate of drug-likeness (QED) is 0.206. The van der Waals surface area contributed by atoms with Crippen molar-refractivity contribution >= 4 is 8.07 Å². The molecule has 0 aromatic rings. The molecule has 0 spiro atoms. The van der Waals surface area contributed by atoms with Gasteiger partial charge in [-0.25, -0.2) is 0 Å². The lowest BCUT2D eigenvalue weighted by atomic mass is 10.1. The Hall–Kier alpha value is -0.383. The van der Waals surface area contributed by atoms with E-state index in [4.69, 9.17) is 0 Å². The predicted molar refractivity (Wildman–Crippen MR) is 86.2 cm³/mol. The lowest BCUT2D eigenvalue weighted by Gasteiger charge is -2.25. The van der Waals surface area contributed by atoms with Crippen LogP contribution in [0.4, 0.5) is 0 Å². The van der Waals surface area contributed by atoms with Gasteiger partial charge in [-0.1, -0.05) is 77.9 Å². The summed E-state index contributed by atoms with van der Waals surface area (Å²) in [6, 6.07) is 0. The molecule has 0 aromatic carbocycles. The largest absolute Gasteiger partial charge is 0.265 e. The highest BCUT2D eigenvalue weighted by Gasteiger charge is 2.30. The summed E-state index contributed by atoms with van der Waals surface area (Å²) in [7, 11) is -1.38. The highest BCUT2D eigenvalue weighted by atomic mass is 28.3. The van der Waals surface area contributed by atoms with Crippen LogP contribution in [-0.2, 0) is 0 Å². The first kappa shape index (κ1) is 18.6. The lowest BCUT2D eigenvalue weighted by molar-refractivity contribution is -0.480. The van der Waals surface area contributed by atoms with Gasteiger partial charge in [0.25, 0.3) is 0 Å². The van der Waals surface area contributed by atoms with Crippen LogP contribution >= 0.6 is 0 Å². The Balaban J connectivity index is 3.67. The molecule has 0 bridgehead atoms. The number of unbranched alkanes of at least 4 members (excludes halogenated alkanes) is 7. The van der Waals surface area contributed by atoms with Gasteiger partial charge in [0.1, 0.15) is 0 Å². The van der Waals surface area contributed by atoms with Crippen molar-refractivity contribution in [3.63, 3.8) is 0 Å². The minimum atomic E-state index is -1.38. The molecule has 0 saturated heterocycles. The summed E-state index contributed by atoms with van der Waals surface area (Å²) >= 11 is 0. The van der Waals surface area contributed by atoms with Crippen molar-refractivity contribution in [2.45, 2.75) is 89.9 Å². The Morgan fingerprint density at radius 3 is 1.84 bits per heavy atom. The van der Waals surface area contributed by atoms with Crippen molar-refractivity contribution in [1.82, 2.24) is 0 Å². The number of hydrogen-bond donors (Lipinski definition) is 0. The fourth-order valence-corrected chi connectivity index (χ4v) is 4.27. The van der Waals surface area contributed by atoms with Crippen molar-refractivity contribution in [3.05, 3.63) is 10.1 Å². The summed E-state index contributed by atoms with van der Waals surface area (Å²) in [6.07, 6.45) is 11.5. The van der Waals surface area contributed by atoms with E-state index in [0.717, 1.165) is 6.42 Å². The molecule has 0 aliphatic rings. The first-order valence-electron chi connectivity index (χ1n) is 7.99. The summed E-state index contributed by atoms with van der Waals surface area (Å²) in [4.78, 5) is 10.6. The molecule has 3 nitrogen and oxygen atoms in total. The van der Waals surface area contributed by atoms with E-state index in [9.17, 15) is 10.1 Å². The Morgan fingerprint density at radius 2 is 1.42 bits per heavy atom. The summed E-state index contributed by atoms with van der Waals surface area (Å²) in [5, 5.41) is 10.7. The highest BCUT2D eigenvalue weighted by Crippen LogP contribution is 2.28. The molecular weight excluding hydrogens is 254 g/mol. The SMILES string of the molecule is CCCCCCCCCCC(C[N+](=O)[O-])[Si](C)(C)C. The smallest absolute Gasteiger partial charge is 0.204 e. The molecule has 19 heavy (non-hydrogen) atoms. The Morgan fingerprint density at radius 1 is 0.947 bits per heavy atom. The Kier molecular flexibility index (Phi) is 10.2. The molecule has 0 fully saturated rings. The van der Waals surface area contributed by atoms with Gasteiger partial charge >= 0.3 is 0 Å². The third-order valence-corrected chi connectivity index (χ3v) is 6.92. The number of hydrogen-bond acceptors (Lipinski definition) is 2. The Labute approximate surface area is 120 Å². The van der Waals surface area contributed by atoms with Crippen molar-refractivity contribution < 1.29 is 4.92 Å². The first-order valence-corrected chi connectivity index (χ1v) is 11.6. The van der Waals surface area contributed by atoms with E-state index in [1.807, 2.05) is 0 Å². The fourth-order valence-electron chi connectivity index (χ4n) is 2.50. The van der Waals surface area contributed by atoms with E-state index in [2.05, 4.69) is 26.6 Å². The molecule has 1 unspecified atom stereocenters. The van der Waals surface area contributed by atoms with Crippen LogP contribution in [0.1, 0.15) is 64.7 Å². The number of nitro groups is 1. The van der Waals surface area contributed by atoms with E-state index >= 15 is 0 Å². The van der Waals surface area contributed by atoms with Gasteiger partial charge in [0, 0.05) is 10.5 Å². The third kappa shape index (κ3) is 11.2. The lowest BCUT2D eigenvalue weighted by Crippen LogP contribution is -2.32. The Bertz CT molecular complexity index is 239. The van der Waals surface area contributed by atoms with Crippen molar-refractivity contribution in [1.29, 1.82) is 0 Å². The molecule has 0 saturated carbocycles. The summed E-state index contributed by atoms with van der Waals surface area (Å²) in [5.41, 5.74) is 0.350. The number of nitrogens with zero attached hydrogens (tertiary/aromatic N) is 1. The third-order valence-electron chi connectivity index (χ3n) is 4.00. The predicted octanol–water partition coefficient (Wildman–Crippen LogP) is 5.50. The van der Waals surface area contributed by atoms with Crippen LogP contribution < -0.4 is 0 Å². The van der Waals surface area contributed by atoms with Crippen LogP contribution in [0.5, 0.6) is 0 Å². The zero-order chi connectivity index (χ0) is 14.7. The fraction of sp³-hybridized carbons (Fsp3) is 1.00. The average molecular weight is 288 g/mol. The summed E-state index contributed by atoms with van der Waals surface area (Å²) < 4.78 is 0. The molecule has 0 rings (SSSR count). The van der Waals surface area contributed by atoms with Crippen LogP contribution in [-0.4, -0.2) is 19.5 Å². The van der Waals surface area contributed by atoms with E-state index < -0.39 is 8.07 Å². The van der Waals surface area contributed by atoms with Crippen LogP contribution in [0.15, 0.2) is 0 Å². The monoisotopic (exact) mass is 287 g/mol. The molecule has 0 N–H and O–H groups in total. The zero-order valence-corrected chi connectivity index (χ0v) is 14.4. The average Bonchev–Trinajstić information content (AvgIpc) is 2.29. The molecular formula is C15H33NO2Si. The van der Waals surface area contributed by atoms with Crippen LogP contribution in [0.3, 0.4) is 0 Å². The second-order valence-corrected chi connectivity index (χ2v) is 12.4. The zero-order valence-electron chi connectivity index (χ0n) is 13.4. The van der Waals surface area contributed by atoms with Crippen molar-refractivity contribution in [2.24, 2.45) is 0 Å². The van der Waals surface area contributed by atoms with E-state index in [-0.39, 0.29) is 11.5 Å². The van der Waals surface area contributed by atoms with Gasteiger partial charge in [0.15, 0.2) is 0 Å². The molecule has 114 valence electrons. The maximum absolute atomic E-state index is 10.7.